The Labute approximate surface area is 73.7 Å². The number of rotatable bonds is 2. The average Bonchev–Trinajstić information content (AvgIpc) is 2.08. The molecule has 0 aliphatic carbocycles. The van der Waals surface area contributed by atoms with Gasteiger partial charge in [-0.15, -0.1) is 0 Å². The number of aliphatic hydroxyl groups is 1. The quantitative estimate of drug-likeness (QED) is 0.741. The van der Waals surface area contributed by atoms with Crippen LogP contribution in [0.25, 0.3) is 0 Å². The van der Waals surface area contributed by atoms with Crippen molar-refractivity contribution in [3.8, 4) is 5.75 Å². The van der Waals surface area contributed by atoms with Gasteiger partial charge in [-0.2, -0.15) is 0 Å². The van der Waals surface area contributed by atoms with Crippen LogP contribution >= 0.6 is 0 Å². The van der Waals surface area contributed by atoms with Gasteiger partial charge in [0.15, 0.2) is 0 Å². The SMILES string of the molecule is Cc1cc(C(F)F)c(O)c(CO)n1. The fourth-order valence-electron chi connectivity index (χ4n) is 1.03. The molecule has 13 heavy (non-hydrogen) atoms. The van der Waals surface area contributed by atoms with Gasteiger partial charge in [-0.1, -0.05) is 0 Å². The lowest BCUT2D eigenvalue weighted by molar-refractivity contribution is 0.146. The summed E-state index contributed by atoms with van der Waals surface area (Å²) in [5.41, 5.74) is -0.260. The van der Waals surface area contributed by atoms with Gasteiger partial charge < -0.3 is 10.2 Å². The van der Waals surface area contributed by atoms with E-state index < -0.39 is 24.3 Å². The van der Waals surface area contributed by atoms with E-state index in [0.29, 0.717) is 5.69 Å². The minimum Gasteiger partial charge on any atom is -0.505 e. The zero-order valence-corrected chi connectivity index (χ0v) is 6.96. The van der Waals surface area contributed by atoms with Crippen molar-refractivity contribution < 1.29 is 19.0 Å². The maximum Gasteiger partial charge on any atom is 0.267 e. The highest BCUT2D eigenvalue weighted by Gasteiger charge is 2.17. The normalized spacial score (nSPS) is 10.8. The second-order valence-corrected chi connectivity index (χ2v) is 2.61. The number of alkyl halides is 2. The van der Waals surface area contributed by atoms with Gasteiger partial charge in [0.05, 0.1) is 12.2 Å². The lowest BCUT2D eigenvalue weighted by Gasteiger charge is -2.07. The first kappa shape index (κ1) is 9.85. The van der Waals surface area contributed by atoms with E-state index >= 15 is 0 Å². The van der Waals surface area contributed by atoms with Crippen LogP contribution in [-0.4, -0.2) is 15.2 Å². The molecule has 0 aliphatic rings. The van der Waals surface area contributed by atoms with Crippen molar-refractivity contribution in [3.63, 3.8) is 0 Å². The second kappa shape index (κ2) is 3.66. The lowest BCUT2D eigenvalue weighted by Crippen LogP contribution is -1.97. The van der Waals surface area contributed by atoms with E-state index in [0.717, 1.165) is 6.07 Å². The summed E-state index contributed by atoms with van der Waals surface area (Å²) in [5.74, 6) is -0.622. The molecule has 0 saturated carbocycles. The number of hydrogen-bond donors (Lipinski definition) is 2. The minimum atomic E-state index is -2.76. The van der Waals surface area contributed by atoms with E-state index in [1.807, 2.05) is 0 Å². The van der Waals surface area contributed by atoms with E-state index in [4.69, 9.17) is 5.11 Å². The second-order valence-electron chi connectivity index (χ2n) is 2.61. The fourth-order valence-corrected chi connectivity index (χ4v) is 1.03. The number of aryl methyl sites for hydroxylation is 1. The van der Waals surface area contributed by atoms with Crippen molar-refractivity contribution >= 4 is 0 Å². The first-order chi connectivity index (χ1) is 6.06. The van der Waals surface area contributed by atoms with E-state index in [2.05, 4.69) is 4.98 Å². The number of aliphatic hydroxyl groups excluding tert-OH is 1. The Bertz CT molecular complexity index is 315. The molecular formula is C8H9F2NO2. The van der Waals surface area contributed by atoms with Crippen molar-refractivity contribution in [3.05, 3.63) is 23.0 Å². The van der Waals surface area contributed by atoms with Crippen molar-refractivity contribution in [1.29, 1.82) is 0 Å². The van der Waals surface area contributed by atoms with Gasteiger partial charge in [0.1, 0.15) is 11.4 Å². The molecular weight excluding hydrogens is 180 g/mol. The molecule has 72 valence electrons. The molecule has 3 nitrogen and oxygen atoms in total. The first-order valence-electron chi connectivity index (χ1n) is 3.64. The lowest BCUT2D eigenvalue weighted by atomic mass is 10.2. The van der Waals surface area contributed by atoms with Crippen molar-refractivity contribution in [1.82, 2.24) is 4.98 Å². The molecule has 2 N–H and O–H groups in total. The van der Waals surface area contributed by atoms with Crippen molar-refractivity contribution in [2.45, 2.75) is 20.0 Å². The first-order valence-corrected chi connectivity index (χ1v) is 3.64. The maximum absolute atomic E-state index is 12.3. The Hall–Kier alpha value is -1.23. The van der Waals surface area contributed by atoms with E-state index in [1.54, 1.807) is 0 Å². The molecule has 1 rings (SSSR count). The zero-order valence-electron chi connectivity index (χ0n) is 6.96. The Morgan fingerprint density at radius 2 is 2.15 bits per heavy atom. The highest BCUT2D eigenvalue weighted by Crippen LogP contribution is 2.30. The summed E-state index contributed by atoms with van der Waals surface area (Å²) in [6.45, 7) is 0.970. The van der Waals surface area contributed by atoms with Gasteiger partial charge in [0.25, 0.3) is 6.43 Å². The number of pyridine rings is 1. The molecule has 5 heteroatoms. The van der Waals surface area contributed by atoms with Crippen LogP contribution in [0.4, 0.5) is 8.78 Å². The largest absolute Gasteiger partial charge is 0.505 e. The van der Waals surface area contributed by atoms with Crippen LogP contribution in [0.3, 0.4) is 0 Å². The summed E-state index contributed by atoms with van der Waals surface area (Å²) in [6, 6.07) is 1.10. The standard InChI is InChI=1S/C8H9F2NO2/c1-4-2-5(8(9)10)7(13)6(3-12)11-4/h2,8,12-13H,3H2,1H3. The van der Waals surface area contributed by atoms with Crippen LogP contribution in [0, 0.1) is 6.92 Å². The van der Waals surface area contributed by atoms with Crippen LogP contribution in [0.5, 0.6) is 5.75 Å². The predicted octanol–water partition coefficient (Wildman–Crippen LogP) is 1.53. The Balaban J connectivity index is 3.27. The highest BCUT2D eigenvalue weighted by atomic mass is 19.3. The molecule has 0 aromatic carbocycles. The third-order valence-electron chi connectivity index (χ3n) is 1.61. The molecule has 1 heterocycles. The fraction of sp³-hybridized carbons (Fsp3) is 0.375. The summed E-state index contributed by atoms with van der Waals surface area (Å²) >= 11 is 0. The number of hydrogen-bond acceptors (Lipinski definition) is 3. The molecule has 0 spiro atoms. The number of nitrogens with zero attached hydrogens (tertiary/aromatic N) is 1. The van der Waals surface area contributed by atoms with Crippen molar-refractivity contribution in [2.75, 3.05) is 0 Å². The topological polar surface area (TPSA) is 53.4 Å². The van der Waals surface area contributed by atoms with Gasteiger partial charge in [0.2, 0.25) is 0 Å². The van der Waals surface area contributed by atoms with Crippen LogP contribution < -0.4 is 0 Å². The Kier molecular flexibility index (Phi) is 2.77. The molecule has 0 atom stereocenters. The molecule has 1 aromatic rings. The molecule has 0 fully saturated rings. The van der Waals surface area contributed by atoms with Crippen LogP contribution in [0.15, 0.2) is 6.07 Å². The highest BCUT2D eigenvalue weighted by molar-refractivity contribution is 5.38. The summed E-state index contributed by atoms with van der Waals surface area (Å²) in [4.78, 5) is 3.70. The summed E-state index contributed by atoms with van der Waals surface area (Å²) < 4.78 is 24.5. The van der Waals surface area contributed by atoms with E-state index in [-0.39, 0.29) is 5.69 Å². The molecule has 1 aromatic heterocycles. The molecule has 0 radical (unpaired) electrons. The molecule has 0 saturated heterocycles. The van der Waals surface area contributed by atoms with Crippen molar-refractivity contribution in [2.24, 2.45) is 0 Å². The summed E-state index contributed by atoms with van der Waals surface area (Å²) in [6.07, 6.45) is -2.76. The minimum absolute atomic E-state index is 0.115. The van der Waals surface area contributed by atoms with Gasteiger partial charge in [-0.3, -0.25) is 4.98 Å². The van der Waals surface area contributed by atoms with Crippen LogP contribution in [0.2, 0.25) is 0 Å². The smallest absolute Gasteiger partial charge is 0.267 e. The third kappa shape index (κ3) is 1.92. The zero-order chi connectivity index (χ0) is 10.0. The Morgan fingerprint density at radius 1 is 1.54 bits per heavy atom. The number of aromatic nitrogens is 1. The molecule has 0 unspecified atom stereocenters. The van der Waals surface area contributed by atoms with Gasteiger partial charge in [-0.25, -0.2) is 8.78 Å². The van der Waals surface area contributed by atoms with Gasteiger partial charge in [0, 0.05) is 5.69 Å². The Morgan fingerprint density at radius 3 is 2.62 bits per heavy atom. The van der Waals surface area contributed by atoms with Gasteiger partial charge >= 0.3 is 0 Å². The molecule has 0 bridgehead atoms. The van der Waals surface area contributed by atoms with Crippen LogP contribution in [-0.2, 0) is 6.61 Å². The summed E-state index contributed by atoms with van der Waals surface area (Å²) in [5, 5.41) is 17.9. The van der Waals surface area contributed by atoms with E-state index in [9.17, 15) is 13.9 Å². The monoisotopic (exact) mass is 189 g/mol. The number of halogens is 2. The third-order valence-corrected chi connectivity index (χ3v) is 1.61. The molecule has 0 aliphatic heterocycles. The van der Waals surface area contributed by atoms with Crippen LogP contribution in [0.1, 0.15) is 23.4 Å². The summed E-state index contributed by atoms with van der Waals surface area (Å²) in [7, 11) is 0. The van der Waals surface area contributed by atoms with E-state index in [1.165, 1.54) is 6.92 Å². The molecule has 0 amide bonds. The maximum atomic E-state index is 12.3. The number of aromatic hydroxyl groups is 1. The van der Waals surface area contributed by atoms with Gasteiger partial charge in [-0.05, 0) is 13.0 Å². The average molecular weight is 189 g/mol. The predicted molar refractivity (Wildman–Crippen MR) is 41.5 cm³/mol.